The Morgan fingerprint density at radius 3 is 2.32 bits per heavy atom. The van der Waals surface area contributed by atoms with Crippen molar-refractivity contribution in [2.24, 2.45) is 0 Å². The van der Waals surface area contributed by atoms with Gasteiger partial charge >= 0.3 is 0 Å². The molecule has 0 saturated heterocycles. The largest absolute Gasteiger partial charge is 0.508 e. The van der Waals surface area contributed by atoms with E-state index in [2.05, 4.69) is 0 Å². The summed E-state index contributed by atoms with van der Waals surface area (Å²) in [4.78, 5) is 0. The van der Waals surface area contributed by atoms with E-state index in [0.29, 0.717) is 11.1 Å². The second-order valence-electron chi connectivity index (χ2n) is 5.00. The van der Waals surface area contributed by atoms with Crippen LogP contribution < -0.4 is 4.74 Å². The van der Waals surface area contributed by atoms with Crippen LogP contribution >= 0.6 is 0 Å². The molecule has 2 aromatic rings. The van der Waals surface area contributed by atoms with E-state index < -0.39 is 12.2 Å². The average molecular weight is 308 g/mol. The Morgan fingerprint density at radius 1 is 0.909 bits per heavy atom. The minimum absolute atomic E-state index is 0. The van der Waals surface area contributed by atoms with Crippen LogP contribution in [0, 0.1) is 0 Å². The monoisotopic (exact) mass is 308 g/mol. The first kappa shape index (κ1) is 15.7. The highest BCUT2D eigenvalue weighted by Gasteiger charge is 2.32. The lowest BCUT2D eigenvalue weighted by atomic mass is 9.94. The third kappa shape index (κ3) is 2.59. The van der Waals surface area contributed by atoms with E-state index in [1.54, 1.807) is 0 Å². The van der Waals surface area contributed by atoms with Gasteiger partial charge in [-0.1, -0.05) is 6.07 Å². The van der Waals surface area contributed by atoms with Crippen molar-refractivity contribution in [1.82, 2.24) is 0 Å². The van der Waals surface area contributed by atoms with Gasteiger partial charge < -0.3 is 35.7 Å². The van der Waals surface area contributed by atoms with Crippen LogP contribution in [0.25, 0.3) is 0 Å². The van der Waals surface area contributed by atoms with E-state index in [0.717, 1.165) is 0 Å². The molecule has 7 N–H and O–H groups in total. The zero-order valence-electron chi connectivity index (χ0n) is 11.4. The molecule has 3 rings (SSSR count). The number of aromatic hydroxyl groups is 4. The highest BCUT2D eigenvalue weighted by Crippen LogP contribution is 2.42. The molecule has 118 valence electrons. The number of fused-ring (bicyclic) bond motifs is 1. The van der Waals surface area contributed by atoms with Crippen LogP contribution in [0.4, 0.5) is 0 Å². The Balaban J connectivity index is 0.00000176. The van der Waals surface area contributed by atoms with Crippen molar-refractivity contribution in [1.29, 1.82) is 0 Å². The number of ether oxygens (including phenoxy) is 1. The van der Waals surface area contributed by atoms with Crippen LogP contribution in [-0.2, 0) is 6.42 Å². The van der Waals surface area contributed by atoms with Gasteiger partial charge in [-0.3, -0.25) is 0 Å². The second-order valence-corrected chi connectivity index (χ2v) is 5.00. The Labute approximate surface area is 125 Å². The van der Waals surface area contributed by atoms with E-state index in [9.17, 15) is 25.5 Å². The zero-order valence-corrected chi connectivity index (χ0v) is 11.4. The SMILES string of the molecule is O.Oc1cc(O)c2c(c1)OC(c1ccc(O)c(O)c1)C(O)C2. The molecule has 0 amide bonds. The molecule has 1 aliphatic heterocycles. The number of hydrogen-bond donors (Lipinski definition) is 5. The molecular weight excluding hydrogens is 292 g/mol. The minimum atomic E-state index is -0.933. The molecule has 0 aliphatic carbocycles. The molecule has 2 atom stereocenters. The summed E-state index contributed by atoms with van der Waals surface area (Å²) in [7, 11) is 0. The molecule has 0 bridgehead atoms. The highest BCUT2D eigenvalue weighted by atomic mass is 16.5. The van der Waals surface area contributed by atoms with Gasteiger partial charge in [-0.2, -0.15) is 0 Å². The summed E-state index contributed by atoms with van der Waals surface area (Å²) in [5.74, 6) is -0.589. The molecule has 0 aromatic heterocycles. The standard InChI is InChI=1S/C15H14O6.H2O/c16-8-4-11(18)9-6-13(20)15(21-14(9)5-8)7-1-2-10(17)12(19)3-7;/h1-5,13,15-20H,6H2;1H2. The van der Waals surface area contributed by atoms with Crippen molar-refractivity contribution in [3.63, 3.8) is 0 Å². The molecule has 1 heterocycles. The van der Waals surface area contributed by atoms with Crippen LogP contribution in [0.5, 0.6) is 28.7 Å². The summed E-state index contributed by atoms with van der Waals surface area (Å²) in [6.45, 7) is 0. The molecule has 0 radical (unpaired) electrons. The van der Waals surface area contributed by atoms with Crippen molar-refractivity contribution < 1.29 is 35.7 Å². The second kappa shape index (κ2) is 5.63. The van der Waals surface area contributed by atoms with Gasteiger partial charge in [0.1, 0.15) is 23.4 Å². The first-order valence-corrected chi connectivity index (χ1v) is 6.37. The topological polar surface area (TPSA) is 142 Å². The molecule has 2 aromatic carbocycles. The van der Waals surface area contributed by atoms with Crippen LogP contribution in [-0.4, -0.2) is 37.1 Å². The van der Waals surface area contributed by atoms with Crippen molar-refractivity contribution in [2.75, 3.05) is 0 Å². The minimum Gasteiger partial charge on any atom is -0.508 e. The van der Waals surface area contributed by atoms with Gasteiger partial charge in [0.05, 0.1) is 6.10 Å². The van der Waals surface area contributed by atoms with Gasteiger partial charge in [0.15, 0.2) is 11.5 Å². The number of hydrogen-bond acceptors (Lipinski definition) is 6. The Bertz CT molecular complexity index is 699. The number of phenolic OH excluding ortho intramolecular Hbond substituents is 4. The summed E-state index contributed by atoms with van der Waals surface area (Å²) in [5, 5.41) is 48.3. The smallest absolute Gasteiger partial charge is 0.157 e. The maximum absolute atomic E-state index is 10.2. The van der Waals surface area contributed by atoms with Crippen LogP contribution in [0.2, 0.25) is 0 Å². The Hall–Kier alpha value is -2.64. The quantitative estimate of drug-likeness (QED) is 0.491. The maximum Gasteiger partial charge on any atom is 0.157 e. The summed E-state index contributed by atoms with van der Waals surface area (Å²) >= 11 is 0. The van der Waals surface area contributed by atoms with E-state index >= 15 is 0 Å². The van der Waals surface area contributed by atoms with Crippen LogP contribution in [0.15, 0.2) is 30.3 Å². The molecule has 0 spiro atoms. The van der Waals surface area contributed by atoms with E-state index in [4.69, 9.17) is 4.74 Å². The summed E-state index contributed by atoms with van der Waals surface area (Å²) in [5.41, 5.74) is 0.894. The van der Waals surface area contributed by atoms with E-state index in [-0.39, 0.29) is 40.6 Å². The van der Waals surface area contributed by atoms with Gasteiger partial charge in [-0.25, -0.2) is 0 Å². The predicted molar refractivity (Wildman–Crippen MR) is 76.2 cm³/mol. The fourth-order valence-corrected chi connectivity index (χ4v) is 2.47. The number of aliphatic hydroxyl groups excluding tert-OH is 1. The van der Waals surface area contributed by atoms with Gasteiger partial charge in [-0.05, 0) is 17.7 Å². The highest BCUT2D eigenvalue weighted by molar-refractivity contribution is 5.52. The fraction of sp³-hybridized carbons (Fsp3) is 0.200. The van der Waals surface area contributed by atoms with Crippen molar-refractivity contribution in [3.8, 4) is 28.7 Å². The number of aliphatic hydroxyl groups is 1. The molecule has 7 heteroatoms. The predicted octanol–water partition coefficient (Wildman–Crippen LogP) is 0.721. The van der Waals surface area contributed by atoms with E-state index in [1.807, 2.05) is 0 Å². The lowest BCUT2D eigenvalue weighted by molar-refractivity contribution is 0.0197. The third-order valence-corrected chi connectivity index (χ3v) is 3.51. The van der Waals surface area contributed by atoms with Crippen molar-refractivity contribution in [3.05, 3.63) is 41.5 Å². The molecule has 2 unspecified atom stereocenters. The third-order valence-electron chi connectivity index (χ3n) is 3.51. The van der Waals surface area contributed by atoms with Gasteiger partial charge in [-0.15, -0.1) is 0 Å². The molecule has 22 heavy (non-hydrogen) atoms. The summed E-state index contributed by atoms with van der Waals surface area (Å²) in [6.07, 6.45) is -1.56. The molecular formula is C15H16O7. The molecule has 0 saturated carbocycles. The van der Waals surface area contributed by atoms with E-state index in [1.165, 1.54) is 30.3 Å². The van der Waals surface area contributed by atoms with Gasteiger partial charge in [0.25, 0.3) is 0 Å². The Kier molecular flexibility index (Phi) is 4.03. The van der Waals surface area contributed by atoms with Gasteiger partial charge in [0.2, 0.25) is 0 Å². The number of benzene rings is 2. The summed E-state index contributed by atoms with van der Waals surface area (Å²) < 4.78 is 5.62. The molecule has 0 fully saturated rings. The van der Waals surface area contributed by atoms with Gasteiger partial charge in [0, 0.05) is 24.1 Å². The average Bonchev–Trinajstić information content (AvgIpc) is 2.42. The van der Waals surface area contributed by atoms with Crippen molar-refractivity contribution in [2.45, 2.75) is 18.6 Å². The van der Waals surface area contributed by atoms with Crippen LogP contribution in [0.1, 0.15) is 17.2 Å². The fourth-order valence-electron chi connectivity index (χ4n) is 2.47. The molecule has 1 aliphatic rings. The van der Waals surface area contributed by atoms with Crippen LogP contribution in [0.3, 0.4) is 0 Å². The molecule has 7 nitrogen and oxygen atoms in total. The normalized spacial score (nSPS) is 19.7. The first-order chi connectivity index (χ1) is 9.95. The maximum atomic E-state index is 10.2. The van der Waals surface area contributed by atoms with Crippen molar-refractivity contribution >= 4 is 0 Å². The zero-order chi connectivity index (χ0) is 15.1. The number of rotatable bonds is 1. The lowest BCUT2D eigenvalue weighted by Gasteiger charge is -2.31. The lowest BCUT2D eigenvalue weighted by Crippen LogP contribution is -2.30. The first-order valence-electron chi connectivity index (χ1n) is 6.37. The Morgan fingerprint density at radius 2 is 1.64 bits per heavy atom. The number of phenols is 4. The summed E-state index contributed by atoms with van der Waals surface area (Å²) in [6, 6.07) is 6.67.